The molecule has 2 heterocycles. The molecule has 1 aromatic carbocycles. The van der Waals surface area contributed by atoms with Crippen LogP contribution in [0.3, 0.4) is 0 Å². The number of aryl methyl sites for hydroxylation is 1. The van der Waals surface area contributed by atoms with Gasteiger partial charge >= 0.3 is 0 Å². The van der Waals surface area contributed by atoms with Crippen molar-refractivity contribution in [2.45, 2.75) is 31.0 Å². The third kappa shape index (κ3) is 4.90. The third-order valence-corrected chi connectivity index (χ3v) is 5.21. The van der Waals surface area contributed by atoms with E-state index in [1.807, 2.05) is 16.9 Å². The van der Waals surface area contributed by atoms with Crippen LogP contribution in [0.1, 0.15) is 17.6 Å². The maximum Gasteiger partial charge on any atom is 0.273 e. The molecule has 3 rings (SSSR count). The van der Waals surface area contributed by atoms with Crippen LogP contribution >= 0.6 is 23.1 Å². The number of thioether (sulfide) groups is 1. The highest BCUT2D eigenvalue weighted by Crippen LogP contribution is 2.22. The number of benzene rings is 1. The Hall–Kier alpha value is -2.19. The number of aromatic nitrogens is 3. The van der Waals surface area contributed by atoms with Crippen LogP contribution in [0, 0.1) is 5.82 Å². The molecule has 0 aliphatic heterocycles. The molecule has 8 heteroatoms. The van der Waals surface area contributed by atoms with Crippen LogP contribution in [0.25, 0.3) is 0 Å². The Balaban J connectivity index is 1.57. The van der Waals surface area contributed by atoms with E-state index in [4.69, 9.17) is 4.74 Å². The van der Waals surface area contributed by atoms with Gasteiger partial charge in [-0.1, -0.05) is 11.8 Å². The first kappa shape index (κ1) is 17.6. The fourth-order valence-electron chi connectivity index (χ4n) is 2.06. The lowest BCUT2D eigenvalue weighted by molar-refractivity contribution is 0.305. The Kier molecular flexibility index (Phi) is 5.83. The van der Waals surface area contributed by atoms with Gasteiger partial charge < -0.3 is 9.30 Å². The molecule has 0 spiro atoms. The normalized spacial score (nSPS) is 10.8. The first-order valence-electron chi connectivity index (χ1n) is 7.66. The van der Waals surface area contributed by atoms with Crippen molar-refractivity contribution < 1.29 is 9.13 Å². The maximum absolute atomic E-state index is 12.9. The molecule has 3 aromatic rings. The zero-order chi connectivity index (χ0) is 17.6. The zero-order valence-corrected chi connectivity index (χ0v) is 15.1. The van der Waals surface area contributed by atoms with Gasteiger partial charge in [-0.3, -0.25) is 4.79 Å². The average Bonchev–Trinajstić information content (AvgIpc) is 3.07. The van der Waals surface area contributed by atoms with E-state index in [9.17, 15) is 9.18 Å². The van der Waals surface area contributed by atoms with Gasteiger partial charge in [-0.15, -0.1) is 11.3 Å². The number of halogens is 1. The Morgan fingerprint density at radius 3 is 2.80 bits per heavy atom. The average molecular weight is 377 g/mol. The van der Waals surface area contributed by atoms with E-state index in [1.165, 1.54) is 41.3 Å². The van der Waals surface area contributed by atoms with Crippen LogP contribution in [0.5, 0.6) is 5.75 Å². The molecule has 0 aliphatic rings. The highest BCUT2D eigenvalue weighted by atomic mass is 32.2. The summed E-state index contributed by atoms with van der Waals surface area (Å²) in [4.78, 5) is 20.0. The summed E-state index contributed by atoms with van der Waals surface area (Å²) in [6.07, 6.45) is 1.75. The number of hydrogen-bond acceptors (Lipinski definition) is 6. The van der Waals surface area contributed by atoms with Crippen LogP contribution in [-0.4, -0.2) is 14.5 Å². The third-order valence-electron chi connectivity index (χ3n) is 3.31. The molecule has 130 valence electrons. The van der Waals surface area contributed by atoms with Crippen molar-refractivity contribution in [1.82, 2.24) is 14.5 Å². The van der Waals surface area contributed by atoms with E-state index in [1.54, 1.807) is 18.3 Å². The largest absolute Gasteiger partial charge is 0.486 e. The second-order valence-corrected chi connectivity index (χ2v) is 6.98. The maximum atomic E-state index is 12.9. The fraction of sp³-hybridized carbons (Fsp3) is 0.235. The van der Waals surface area contributed by atoms with Gasteiger partial charge in [0, 0.05) is 29.9 Å². The molecular weight excluding hydrogens is 361 g/mol. The Bertz CT molecular complexity index is 893. The van der Waals surface area contributed by atoms with Crippen LogP contribution in [0.15, 0.2) is 51.9 Å². The van der Waals surface area contributed by atoms with E-state index in [2.05, 4.69) is 9.97 Å². The van der Waals surface area contributed by atoms with Crippen LogP contribution in [0.4, 0.5) is 4.39 Å². The SMILES string of the molecule is CCn1ccc(=O)nc1SCc1csc(COc2ccc(F)cc2)n1. The Labute approximate surface area is 152 Å². The van der Waals surface area contributed by atoms with Crippen LogP contribution in [0.2, 0.25) is 0 Å². The van der Waals surface area contributed by atoms with Crippen molar-refractivity contribution in [2.75, 3.05) is 0 Å². The number of nitrogens with zero attached hydrogens (tertiary/aromatic N) is 3. The van der Waals surface area contributed by atoms with Gasteiger partial charge in [0.15, 0.2) is 5.16 Å². The summed E-state index contributed by atoms with van der Waals surface area (Å²) in [5.41, 5.74) is 0.673. The first-order valence-corrected chi connectivity index (χ1v) is 9.52. The molecule has 0 unspecified atom stereocenters. The van der Waals surface area contributed by atoms with E-state index >= 15 is 0 Å². The van der Waals surface area contributed by atoms with Crippen molar-refractivity contribution in [3.8, 4) is 5.75 Å². The van der Waals surface area contributed by atoms with Gasteiger partial charge in [0.25, 0.3) is 5.56 Å². The standard InChI is InChI=1S/C17H16FN3O2S2/c1-2-21-8-7-15(22)20-17(21)25-11-13-10-24-16(19-13)9-23-14-5-3-12(18)4-6-14/h3-8,10H,2,9,11H2,1H3. The monoisotopic (exact) mass is 377 g/mol. The lowest BCUT2D eigenvalue weighted by Crippen LogP contribution is -2.12. The number of rotatable bonds is 7. The predicted molar refractivity (Wildman–Crippen MR) is 96.6 cm³/mol. The molecule has 2 aromatic heterocycles. The van der Waals surface area contributed by atoms with Gasteiger partial charge in [-0.2, -0.15) is 4.98 Å². The smallest absolute Gasteiger partial charge is 0.273 e. The zero-order valence-electron chi connectivity index (χ0n) is 13.5. The lowest BCUT2D eigenvalue weighted by atomic mass is 10.3. The summed E-state index contributed by atoms with van der Waals surface area (Å²) < 4.78 is 20.4. The molecule has 0 aliphatic carbocycles. The highest BCUT2D eigenvalue weighted by Gasteiger charge is 2.07. The number of ether oxygens (including phenoxy) is 1. The van der Waals surface area contributed by atoms with Crippen molar-refractivity contribution in [2.24, 2.45) is 0 Å². The predicted octanol–water partition coefficient (Wildman–Crippen LogP) is 3.73. The first-order chi connectivity index (χ1) is 12.1. The summed E-state index contributed by atoms with van der Waals surface area (Å²) in [5, 5.41) is 3.49. The minimum absolute atomic E-state index is 0.237. The topological polar surface area (TPSA) is 57.0 Å². The van der Waals surface area contributed by atoms with Gasteiger partial charge in [-0.25, -0.2) is 9.37 Å². The second-order valence-electron chi connectivity index (χ2n) is 5.10. The fourth-order valence-corrected chi connectivity index (χ4v) is 3.81. The Morgan fingerprint density at radius 1 is 1.24 bits per heavy atom. The molecule has 0 fully saturated rings. The van der Waals surface area contributed by atoms with E-state index in [0.717, 1.165) is 17.2 Å². The molecule has 5 nitrogen and oxygen atoms in total. The Morgan fingerprint density at radius 2 is 2.04 bits per heavy atom. The van der Waals surface area contributed by atoms with Gasteiger partial charge in [0.2, 0.25) is 0 Å². The lowest BCUT2D eigenvalue weighted by Gasteiger charge is -2.07. The van der Waals surface area contributed by atoms with Gasteiger partial charge in [0.05, 0.1) is 5.69 Å². The van der Waals surface area contributed by atoms with Gasteiger partial charge in [-0.05, 0) is 31.2 Å². The van der Waals surface area contributed by atoms with Crippen LogP contribution < -0.4 is 10.3 Å². The minimum Gasteiger partial charge on any atom is -0.486 e. The second kappa shape index (κ2) is 8.26. The number of hydrogen-bond donors (Lipinski definition) is 0. The molecule has 25 heavy (non-hydrogen) atoms. The molecule has 0 radical (unpaired) electrons. The highest BCUT2D eigenvalue weighted by molar-refractivity contribution is 7.98. The van der Waals surface area contributed by atoms with Crippen molar-refractivity contribution in [1.29, 1.82) is 0 Å². The summed E-state index contributed by atoms with van der Waals surface area (Å²) in [6, 6.07) is 7.36. The summed E-state index contributed by atoms with van der Waals surface area (Å²) >= 11 is 2.99. The molecule has 0 atom stereocenters. The van der Waals surface area contributed by atoms with Crippen LogP contribution in [-0.2, 0) is 18.9 Å². The molecule has 0 N–H and O–H groups in total. The number of thiazole rings is 1. The molecular formula is C17H16FN3O2S2. The molecule has 0 saturated heterocycles. The minimum atomic E-state index is -0.291. The molecule has 0 bridgehead atoms. The summed E-state index contributed by atoms with van der Waals surface area (Å²) in [5.74, 6) is 0.942. The van der Waals surface area contributed by atoms with E-state index in [-0.39, 0.29) is 11.4 Å². The summed E-state index contributed by atoms with van der Waals surface area (Å²) in [7, 11) is 0. The van der Waals surface area contributed by atoms with E-state index < -0.39 is 0 Å². The van der Waals surface area contributed by atoms with Crippen molar-refractivity contribution >= 4 is 23.1 Å². The van der Waals surface area contributed by atoms with E-state index in [0.29, 0.717) is 23.3 Å². The van der Waals surface area contributed by atoms with Gasteiger partial charge in [0.1, 0.15) is 23.2 Å². The molecule has 0 amide bonds. The molecule has 0 saturated carbocycles. The van der Waals surface area contributed by atoms with Crippen molar-refractivity contribution in [3.63, 3.8) is 0 Å². The van der Waals surface area contributed by atoms with Crippen molar-refractivity contribution in [3.05, 3.63) is 68.8 Å². The quantitative estimate of drug-likeness (QED) is 0.464. The summed E-state index contributed by atoms with van der Waals surface area (Å²) in [6.45, 7) is 3.09.